The van der Waals surface area contributed by atoms with Gasteiger partial charge in [-0.05, 0) is 45.2 Å². The molecule has 140 valence electrons. The third-order valence-corrected chi connectivity index (χ3v) is 5.27. The highest BCUT2D eigenvalue weighted by molar-refractivity contribution is 5.94. The van der Waals surface area contributed by atoms with E-state index >= 15 is 0 Å². The zero-order chi connectivity index (χ0) is 19.0. The van der Waals surface area contributed by atoms with Crippen molar-refractivity contribution in [3.05, 3.63) is 53.2 Å². The third kappa shape index (κ3) is 3.13. The predicted octanol–water partition coefficient (Wildman–Crippen LogP) is 3.45. The van der Waals surface area contributed by atoms with E-state index in [4.69, 9.17) is 9.62 Å². The number of carbonyl (C=O) groups excluding carboxylic acids is 1. The minimum Gasteiger partial charge on any atom is -0.356 e. The van der Waals surface area contributed by atoms with Crippen LogP contribution in [0.25, 0.3) is 11.3 Å². The number of rotatable bonds is 3. The van der Waals surface area contributed by atoms with E-state index in [9.17, 15) is 4.79 Å². The van der Waals surface area contributed by atoms with E-state index in [1.54, 1.807) is 29.2 Å². The molecule has 1 aliphatic rings. The molecule has 0 saturated carbocycles. The van der Waals surface area contributed by atoms with Crippen LogP contribution in [0.5, 0.6) is 0 Å². The van der Waals surface area contributed by atoms with Gasteiger partial charge in [0.2, 0.25) is 0 Å². The molecule has 1 saturated heterocycles. The summed E-state index contributed by atoms with van der Waals surface area (Å²) in [6.45, 7) is 4.65. The minimum atomic E-state index is -0.0829. The summed E-state index contributed by atoms with van der Waals surface area (Å²) < 4.78 is 7.37. The van der Waals surface area contributed by atoms with Crippen LogP contribution in [0, 0.1) is 13.8 Å². The Morgan fingerprint density at radius 1 is 1.22 bits per heavy atom. The predicted molar refractivity (Wildman–Crippen MR) is 100 cm³/mol. The van der Waals surface area contributed by atoms with E-state index in [0.29, 0.717) is 5.56 Å². The average Bonchev–Trinajstić information content (AvgIpc) is 3.24. The van der Waals surface area contributed by atoms with Crippen molar-refractivity contribution in [3.8, 4) is 11.3 Å². The Kier molecular flexibility index (Phi) is 4.51. The molecule has 0 bridgehead atoms. The van der Waals surface area contributed by atoms with Crippen LogP contribution < -0.4 is 0 Å². The summed E-state index contributed by atoms with van der Waals surface area (Å²) in [5.41, 5.74) is 4.31. The lowest BCUT2D eigenvalue weighted by molar-refractivity contribution is 0.0605. The molecule has 1 amide bonds. The standard InChI is InChI=1S/C20H23N5O2/c1-13-14(2)23-27-19(13)16-12-24(3)22-18(16)17-6-4-5-11-25(17)20(26)15-7-9-21-10-8-15/h7-10,12,17H,4-6,11H2,1-3H3/t17-/m1/s1. The van der Waals surface area contributed by atoms with E-state index in [1.165, 1.54) is 0 Å². The van der Waals surface area contributed by atoms with Gasteiger partial charge in [0.15, 0.2) is 5.76 Å². The smallest absolute Gasteiger partial charge is 0.254 e. The van der Waals surface area contributed by atoms with Gasteiger partial charge in [-0.1, -0.05) is 5.16 Å². The van der Waals surface area contributed by atoms with Crippen molar-refractivity contribution in [2.45, 2.75) is 39.2 Å². The van der Waals surface area contributed by atoms with Gasteiger partial charge in [-0.2, -0.15) is 5.10 Å². The van der Waals surface area contributed by atoms with Crippen molar-refractivity contribution >= 4 is 5.91 Å². The van der Waals surface area contributed by atoms with Crippen LogP contribution in [-0.4, -0.2) is 37.3 Å². The van der Waals surface area contributed by atoms with Gasteiger partial charge in [-0.25, -0.2) is 0 Å². The molecule has 4 rings (SSSR count). The summed E-state index contributed by atoms with van der Waals surface area (Å²) in [6.07, 6.45) is 8.20. The highest BCUT2D eigenvalue weighted by atomic mass is 16.5. The summed E-state index contributed by atoms with van der Waals surface area (Å²) in [6, 6.07) is 3.44. The largest absolute Gasteiger partial charge is 0.356 e. The van der Waals surface area contributed by atoms with Crippen molar-refractivity contribution < 1.29 is 9.32 Å². The van der Waals surface area contributed by atoms with Crippen molar-refractivity contribution in [1.82, 2.24) is 24.8 Å². The topological polar surface area (TPSA) is 77.0 Å². The molecule has 0 spiro atoms. The van der Waals surface area contributed by atoms with Crippen molar-refractivity contribution in [1.29, 1.82) is 0 Å². The first kappa shape index (κ1) is 17.5. The molecular weight excluding hydrogens is 342 g/mol. The molecule has 1 aliphatic heterocycles. The third-order valence-electron chi connectivity index (χ3n) is 5.27. The van der Waals surface area contributed by atoms with Gasteiger partial charge in [0.05, 0.1) is 23.0 Å². The van der Waals surface area contributed by atoms with E-state index < -0.39 is 0 Å². The second kappa shape index (κ2) is 6.98. The Labute approximate surface area is 158 Å². The van der Waals surface area contributed by atoms with Crippen molar-refractivity contribution in [2.24, 2.45) is 7.05 Å². The zero-order valence-corrected chi connectivity index (χ0v) is 15.8. The number of aryl methyl sites for hydroxylation is 2. The average molecular weight is 365 g/mol. The molecule has 1 fully saturated rings. The maximum Gasteiger partial charge on any atom is 0.254 e. The number of nitrogens with zero attached hydrogens (tertiary/aromatic N) is 5. The SMILES string of the molecule is Cc1noc(-c2cn(C)nc2[C@H]2CCCCN2C(=O)c2ccncc2)c1C. The molecule has 0 aliphatic carbocycles. The molecular formula is C20H23N5O2. The number of hydrogen-bond acceptors (Lipinski definition) is 5. The van der Waals surface area contributed by atoms with Gasteiger partial charge in [0.25, 0.3) is 5.91 Å². The summed E-state index contributed by atoms with van der Waals surface area (Å²) in [5.74, 6) is 0.752. The molecule has 27 heavy (non-hydrogen) atoms. The van der Waals surface area contributed by atoms with Crippen LogP contribution in [0.1, 0.15) is 52.6 Å². The first-order chi connectivity index (χ1) is 13.1. The Morgan fingerprint density at radius 3 is 2.70 bits per heavy atom. The summed E-state index contributed by atoms with van der Waals surface area (Å²) in [5, 5.41) is 8.80. The lowest BCUT2D eigenvalue weighted by Gasteiger charge is -2.35. The Balaban J connectivity index is 1.75. The number of carbonyl (C=O) groups is 1. The van der Waals surface area contributed by atoms with Crippen LogP contribution in [0.4, 0.5) is 0 Å². The van der Waals surface area contributed by atoms with E-state index in [0.717, 1.165) is 54.1 Å². The summed E-state index contributed by atoms with van der Waals surface area (Å²) in [4.78, 5) is 19.1. The van der Waals surface area contributed by atoms with Gasteiger partial charge in [-0.15, -0.1) is 0 Å². The number of piperidine rings is 1. The Morgan fingerprint density at radius 2 is 2.00 bits per heavy atom. The lowest BCUT2D eigenvalue weighted by Crippen LogP contribution is -2.39. The van der Waals surface area contributed by atoms with Gasteiger partial charge >= 0.3 is 0 Å². The second-order valence-electron chi connectivity index (χ2n) is 7.07. The molecule has 0 unspecified atom stereocenters. The van der Waals surface area contributed by atoms with Gasteiger partial charge < -0.3 is 9.42 Å². The minimum absolute atomic E-state index is 0.0178. The highest BCUT2D eigenvalue weighted by Crippen LogP contribution is 2.38. The maximum atomic E-state index is 13.1. The monoisotopic (exact) mass is 365 g/mol. The number of pyridine rings is 1. The highest BCUT2D eigenvalue weighted by Gasteiger charge is 2.33. The van der Waals surface area contributed by atoms with Crippen molar-refractivity contribution in [2.75, 3.05) is 6.54 Å². The van der Waals surface area contributed by atoms with Crippen LogP contribution >= 0.6 is 0 Å². The van der Waals surface area contributed by atoms with E-state index in [1.807, 2.05) is 32.0 Å². The van der Waals surface area contributed by atoms with E-state index in [2.05, 4.69) is 10.1 Å². The Bertz CT molecular complexity index is 960. The first-order valence-corrected chi connectivity index (χ1v) is 9.24. The molecule has 4 heterocycles. The molecule has 7 heteroatoms. The second-order valence-corrected chi connectivity index (χ2v) is 7.07. The fraction of sp³-hybridized carbons (Fsp3) is 0.400. The number of amides is 1. The molecule has 3 aromatic heterocycles. The molecule has 0 radical (unpaired) electrons. The van der Waals surface area contributed by atoms with Crippen LogP contribution in [0.3, 0.4) is 0 Å². The maximum absolute atomic E-state index is 13.1. The van der Waals surface area contributed by atoms with Crippen LogP contribution in [0.2, 0.25) is 0 Å². The zero-order valence-electron chi connectivity index (χ0n) is 15.8. The molecule has 3 aromatic rings. The quantitative estimate of drug-likeness (QED) is 0.710. The molecule has 0 aromatic carbocycles. The first-order valence-electron chi connectivity index (χ1n) is 9.24. The molecule has 7 nitrogen and oxygen atoms in total. The van der Waals surface area contributed by atoms with Gasteiger partial charge in [0.1, 0.15) is 0 Å². The van der Waals surface area contributed by atoms with Crippen LogP contribution in [0.15, 0.2) is 35.2 Å². The molecule has 1 atom stereocenters. The number of likely N-dealkylation sites (tertiary alicyclic amines) is 1. The van der Waals surface area contributed by atoms with Gasteiger partial charge in [0, 0.05) is 43.3 Å². The van der Waals surface area contributed by atoms with Gasteiger partial charge in [-0.3, -0.25) is 14.5 Å². The normalized spacial score (nSPS) is 17.3. The number of hydrogen-bond donors (Lipinski definition) is 0. The number of aromatic nitrogens is 4. The Hall–Kier alpha value is -2.96. The fourth-order valence-electron chi connectivity index (χ4n) is 3.71. The summed E-state index contributed by atoms with van der Waals surface area (Å²) >= 11 is 0. The fourth-order valence-corrected chi connectivity index (χ4v) is 3.71. The molecule has 0 N–H and O–H groups in total. The lowest BCUT2D eigenvalue weighted by atomic mass is 9.95. The van der Waals surface area contributed by atoms with Crippen molar-refractivity contribution in [3.63, 3.8) is 0 Å². The van der Waals surface area contributed by atoms with E-state index in [-0.39, 0.29) is 11.9 Å². The summed E-state index contributed by atoms with van der Waals surface area (Å²) in [7, 11) is 1.89. The van der Waals surface area contributed by atoms with Crippen LogP contribution in [-0.2, 0) is 7.05 Å².